The summed E-state index contributed by atoms with van der Waals surface area (Å²) in [5, 5.41) is 27.2. The summed E-state index contributed by atoms with van der Waals surface area (Å²) < 4.78 is 37.4. The molecule has 204 valence electrons. The Labute approximate surface area is 221 Å². The molecule has 0 saturated carbocycles. The van der Waals surface area contributed by atoms with Gasteiger partial charge in [0.15, 0.2) is 0 Å². The number of hydrogen-bond donors (Lipinski definition) is 2. The molecule has 11 nitrogen and oxygen atoms in total. The number of fused-ring (bicyclic) bond motifs is 1. The first kappa shape index (κ1) is 27.6. The monoisotopic (exact) mass is 544 g/mol. The first-order chi connectivity index (χ1) is 18.2. The smallest absolute Gasteiger partial charge is 0.388 e. The number of benzene rings is 2. The van der Waals surface area contributed by atoms with E-state index in [1.807, 2.05) is 41.9 Å². The molecule has 1 atom stereocenters. The Kier molecular flexibility index (Phi) is 8.65. The minimum Gasteiger partial charge on any atom is -0.480 e. The molecule has 2 N–H and O–H groups in total. The van der Waals surface area contributed by atoms with Gasteiger partial charge in [-0.25, -0.2) is 4.68 Å². The largest absolute Gasteiger partial charge is 0.480 e. The molecule has 2 heterocycles. The zero-order chi connectivity index (χ0) is 27.3. The quantitative estimate of drug-likeness (QED) is 0.275. The highest BCUT2D eigenvalue weighted by molar-refractivity contribution is 7.84. The Morgan fingerprint density at radius 2 is 2.05 bits per heavy atom. The molecule has 0 radical (unpaired) electrons. The van der Waals surface area contributed by atoms with E-state index in [2.05, 4.69) is 14.5 Å². The molecule has 0 fully saturated rings. The average Bonchev–Trinajstić information content (AvgIpc) is 3.29. The first-order valence-corrected chi connectivity index (χ1v) is 13.9. The molecule has 4 rings (SSSR count). The number of esters is 1. The summed E-state index contributed by atoms with van der Waals surface area (Å²) in [5.41, 5.74) is 4.92. The van der Waals surface area contributed by atoms with Crippen molar-refractivity contribution < 1.29 is 32.3 Å². The van der Waals surface area contributed by atoms with E-state index in [0.717, 1.165) is 38.4 Å². The lowest BCUT2D eigenvalue weighted by Crippen LogP contribution is -2.35. The number of aliphatic hydroxyl groups excluding tert-OH is 2. The van der Waals surface area contributed by atoms with Crippen LogP contribution in [0.4, 0.5) is 0 Å². The summed E-state index contributed by atoms with van der Waals surface area (Å²) in [6, 6.07) is 11.3. The lowest BCUT2D eigenvalue weighted by molar-refractivity contribution is -0.143. The highest BCUT2D eigenvalue weighted by atomic mass is 32.2. The van der Waals surface area contributed by atoms with Crippen molar-refractivity contribution in [3.8, 4) is 0 Å². The normalized spacial score (nSPS) is 16.1. The van der Waals surface area contributed by atoms with Crippen LogP contribution in [0.2, 0.25) is 0 Å². The third kappa shape index (κ3) is 6.14. The molecule has 38 heavy (non-hydrogen) atoms. The van der Waals surface area contributed by atoms with Crippen LogP contribution in [0.5, 0.6) is 0 Å². The fourth-order valence-corrected chi connectivity index (χ4v) is 5.57. The standard InChI is InChI=1S/C26H32N4O7S/c1-3-36-25(33)16-22(21-9-10-23-26(18(21)2)27-28-30(23)12-4-5-14-31)20-8-6-7-19(15-20)17-29-13-11-24(32)37-38(29,34)35/h6-11,15,22,31-32H,3-5,12-14,16-17H2,1-2H3. The van der Waals surface area contributed by atoms with Gasteiger partial charge in [0.05, 0.1) is 18.5 Å². The van der Waals surface area contributed by atoms with Crippen LogP contribution in [0, 0.1) is 6.92 Å². The van der Waals surface area contributed by atoms with Crippen molar-refractivity contribution in [2.75, 3.05) is 19.8 Å². The molecule has 1 aliphatic rings. The van der Waals surface area contributed by atoms with Crippen LogP contribution < -0.4 is 0 Å². The Bertz CT molecular complexity index is 1430. The predicted octanol–water partition coefficient (Wildman–Crippen LogP) is 3.07. The third-order valence-corrected chi connectivity index (χ3v) is 7.79. The molecule has 0 aliphatic carbocycles. The average molecular weight is 545 g/mol. The lowest BCUT2D eigenvalue weighted by atomic mass is 9.85. The van der Waals surface area contributed by atoms with Gasteiger partial charge in [-0.05, 0) is 55.0 Å². The van der Waals surface area contributed by atoms with Crippen LogP contribution >= 0.6 is 0 Å². The summed E-state index contributed by atoms with van der Waals surface area (Å²) in [5.74, 6) is -1.35. The number of ether oxygens (including phenoxy) is 1. The number of aryl methyl sites for hydroxylation is 2. The SMILES string of the molecule is CCOC(=O)CC(c1cccc(CN2CC=C(O)OS2(=O)=O)c1)c1ccc2c(nnn2CCCCO)c1C. The first-order valence-electron chi connectivity index (χ1n) is 12.5. The molecular formula is C26H32N4O7S. The second-order valence-electron chi connectivity index (χ2n) is 9.07. The van der Waals surface area contributed by atoms with E-state index in [0.29, 0.717) is 18.5 Å². The van der Waals surface area contributed by atoms with Crippen molar-refractivity contribution in [2.24, 2.45) is 0 Å². The van der Waals surface area contributed by atoms with Crippen LogP contribution in [0.1, 0.15) is 54.4 Å². The second-order valence-corrected chi connectivity index (χ2v) is 10.6. The fourth-order valence-electron chi connectivity index (χ4n) is 4.61. The summed E-state index contributed by atoms with van der Waals surface area (Å²) in [6.45, 7) is 4.75. The van der Waals surface area contributed by atoms with Gasteiger partial charge in [0.2, 0.25) is 0 Å². The van der Waals surface area contributed by atoms with Crippen molar-refractivity contribution >= 4 is 27.3 Å². The van der Waals surface area contributed by atoms with E-state index in [-0.39, 0.29) is 44.6 Å². The van der Waals surface area contributed by atoms with Crippen molar-refractivity contribution in [1.82, 2.24) is 19.3 Å². The second kappa shape index (κ2) is 11.9. The number of rotatable bonds is 11. The summed E-state index contributed by atoms with van der Waals surface area (Å²) >= 11 is 0. The van der Waals surface area contributed by atoms with Gasteiger partial charge in [0.1, 0.15) is 5.52 Å². The highest BCUT2D eigenvalue weighted by Crippen LogP contribution is 2.34. The van der Waals surface area contributed by atoms with Gasteiger partial charge in [-0.2, -0.15) is 12.7 Å². The van der Waals surface area contributed by atoms with Crippen molar-refractivity contribution in [2.45, 2.75) is 52.1 Å². The Morgan fingerprint density at radius 1 is 1.24 bits per heavy atom. The lowest BCUT2D eigenvalue weighted by Gasteiger charge is -2.24. The zero-order valence-electron chi connectivity index (χ0n) is 21.4. The van der Waals surface area contributed by atoms with Crippen LogP contribution in [0.3, 0.4) is 0 Å². The highest BCUT2D eigenvalue weighted by Gasteiger charge is 2.29. The van der Waals surface area contributed by atoms with E-state index in [9.17, 15) is 18.3 Å². The molecule has 12 heteroatoms. The molecule has 2 aromatic carbocycles. The van der Waals surface area contributed by atoms with Crippen LogP contribution in [0.25, 0.3) is 11.0 Å². The molecule has 0 amide bonds. The summed E-state index contributed by atoms with van der Waals surface area (Å²) in [4.78, 5) is 12.6. The van der Waals surface area contributed by atoms with Gasteiger partial charge in [-0.1, -0.05) is 35.5 Å². The predicted molar refractivity (Wildman–Crippen MR) is 139 cm³/mol. The van der Waals surface area contributed by atoms with Gasteiger partial charge < -0.3 is 19.1 Å². The third-order valence-electron chi connectivity index (χ3n) is 6.50. The van der Waals surface area contributed by atoms with Gasteiger partial charge >= 0.3 is 16.3 Å². The molecule has 3 aromatic rings. The molecule has 1 unspecified atom stereocenters. The van der Waals surface area contributed by atoms with Crippen LogP contribution in [-0.2, 0) is 37.1 Å². The Hall–Kier alpha value is -3.48. The number of aliphatic hydroxyl groups is 2. The van der Waals surface area contributed by atoms with E-state index < -0.39 is 16.2 Å². The van der Waals surface area contributed by atoms with Crippen LogP contribution in [-0.4, -0.2) is 63.7 Å². The minimum absolute atomic E-state index is 0.0195. The molecule has 0 spiro atoms. The van der Waals surface area contributed by atoms with Crippen LogP contribution in [0.15, 0.2) is 48.4 Å². The fraction of sp³-hybridized carbons (Fsp3) is 0.423. The van der Waals surface area contributed by atoms with Gasteiger partial charge in [-0.15, -0.1) is 5.10 Å². The maximum Gasteiger partial charge on any atom is 0.388 e. The van der Waals surface area contributed by atoms with Crippen molar-refractivity contribution in [1.29, 1.82) is 0 Å². The van der Waals surface area contributed by atoms with E-state index in [4.69, 9.17) is 9.84 Å². The number of unbranched alkanes of at least 4 members (excludes halogenated alkanes) is 1. The Morgan fingerprint density at radius 3 is 2.79 bits per heavy atom. The van der Waals surface area contributed by atoms with E-state index >= 15 is 0 Å². The molecule has 1 aromatic heterocycles. The topological polar surface area (TPSA) is 144 Å². The van der Waals surface area contributed by atoms with Gasteiger partial charge in [-0.3, -0.25) is 4.79 Å². The van der Waals surface area contributed by atoms with E-state index in [1.54, 1.807) is 13.0 Å². The number of carbonyl (C=O) groups excluding carboxylic acids is 1. The van der Waals surface area contributed by atoms with Crippen molar-refractivity contribution in [3.63, 3.8) is 0 Å². The zero-order valence-corrected chi connectivity index (χ0v) is 22.2. The molecule has 0 saturated heterocycles. The minimum atomic E-state index is -4.11. The summed E-state index contributed by atoms with van der Waals surface area (Å²) in [6.07, 6.45) is 2.83. The number of hydrogen-bond acceptors (Lipinski definition) is 9. The Balaban J connectivity index is 1.68. The number of aromatic nitrogens is 3. The van der Waals surface area contributed by atoms with Crippen molar-refractivity contribution in [3.05, 3.63) is 70.7 Å². The van der Waals surface area contributed by atoms with E-state index in [1.165, 1.54) is 6.08 Å². The molecule has 1 aliphatic heterocycles. The maximum atomic E-state index is 12.6. The number of nitrogens with zero attached hydrogens (tertiary/aromatic N) is 4. The maximum absolute atomic E-state index is 12.6. The summed E-state index contributed by atoms with van der Waals surface area (Å²) in [7, 11) is -4.11. The van der Waals surface area contributed by atoms with Gasteiger partial charge in [0.25, 0.3) is 5.95 Å². The molecular weight excluding hydrogens is 512 g/mol. The molecule has 0 bridgehead atoms. The number of carbonyl (C=O) groups is 1. The van der Waals surface area contributed by atoms with Gasteiger partial charge in [0, 0.05) is 38.2 Å².